The first-order valence-corrected chi connectivity index (χ1v) is 8.95. The normalized spacial score (nSPS) is 14.7. The van der Waals surface area contributed by atoms with Gasteiger partial charge >= 0.3 is 0 Å². The van der Waals surface area contributed by atoms with Gasteiger partial charge in [0.25, 0.3) is 5.91 Å². The van der Waals surface area contributed by atoms with Gasteiger partial charge in [0.05, 0.1) is 5.71 Å². The Kier molecular flexibility index (Phi) is 6.03. The van der Waals surface area contributed by atoms with E-state index in [4.69, 9.17) is 9.68 Å². The topological polar surface area (TPSA) is 72.3 Å². The Morgan fingerprint density at radius 3 is 2.82 bits per heavy atom. The van der Waals surface area contributed by atoms with Crippen LogP contribution in [-0.4, -0.2) is 31.5 Å². The van der Waals surface area contributed by atoms with Crippen LogP contribution in [0, 0.1) is 12.7 Å². The first-order valence-electron chi connectivity index (χ1n) is 8.95. The highest BCUT2D eigenvalue weighted by molar-refractivity contribution is 6.45. The lowest BCUT2D eigenvalue weighted by Gasteiger charge is -2.13. The number of carbonyl (C=O) groups excluding carboxylic acids is 1. The molecule has 0 aliphatic heterocycles. The van der Waals surface area contributed by atoms with Gasteiger partial charge in [0.1, 0.15) is 19.5 Å². The van der Waals surface area contributed by atoms with E-state index in [-0.39, 0.29) is 24.0 Å². The summed E-state index contributed by atoms with van der Waals surface area (Å²) < 4.78 is 13.4. The van der Waals surface area contributed by atoms with E-state index in [1.165, 1.54) is 26.3 Å². The smallest absolute Gasteiger partial charge is 0.273 e. The first-order chi connectivity index (χ1) is 13.5. The van der Waals surface area contributed by atoms with Gasteiger partial charge in [0.2, 0.25) is 0 Å². The van der Waals surface area contributed by atoms with Crippen molar-refractivity contribution >= 4 is 17.3 Å². The lowest BCUT2D eigenvalue weighted by Crippen LogP contribution is -2.29. The number of rotatable bonds is 6. The summed E-state index contributed by atoms with van der Waals surface area (Å²) in [5, 5.41) is 10.7. The van der Waals surface area contributed by atoms with Crippen LogP contribution in [0.2, 0.25) is 0 Å². The van der Waals surface area contributed by atoms with Crippen molar-refractivity contribution in [3.63, 3.8) is 0 Å². The molecule has 6 nitrogen and oxygen atoms in total. The zero-order valence-electron chi connectivity index (χ0n) is 16.1. The van der Waals surface area contributed by atoms with Gasteiger partial charge in [0.15, 0.2) is 5.71 Å². The van der Waals surface area contributed by atoms with Crippen LogP contribution in [0.5, 0.6) is 0 Å². The number of oxime groups is 2. The number of nitrogens with zero attached hydrogens (tertiary/aromatic N) is 2. The predicted molar refractivity (Wildman–Crippen MR) is 105 cm³/mol. The van der Waals surface area contributed by atoms with Gasteiger partial charge in [-0.2, -0.15) is 0 Å². The van der Waals surface area contributed by atoms with Crippen LogP contribution in [0.25, 0.3) is 0 Å². The summed E-state index contributed by atoms with van der Waals surface area (Å²) in [4.78, 5) is 22.7. The van der Waals surface area contributed by atoms with E-state index in [0.29, 0.717) is 12.0 Å². The molecule has 1 N–H and O–H groups in total. The third-order valence-corrected chi connectivity index (χ3v) is 4.68. The number of hydrogen-bond donors (Lipinski definition) is 1. The maximum atomic E-state index is 13.4. The Morgan fingerprint density at radius 1 is 1.25 bits per heavy atom. The van der Waals surface area contributed by atoms with Gasteiger partial charge in [0, 0.05) is 23.7 Å². The van der Waals surface area contributed by atoms with Crippen LogP contribution in [0.3, 0.4) is 0 Å². The van der Waals surface area contributed by atoms with E-state index in [2.05, 4.69) is 15.6 Å². The summed E-state index contributed by atoms with van der Waals surface area (Å²) in [6.45, 7) is 2.10. The Balaban J connectivity index is 1.84. The van der Waals surface area contributed by atoms with Crippen LogP contribution in [-0.2, 0) is 27.5 Å². The molecule has 0 spiro atoms. The van der Waals surface area contributed by atoms with Crippen LogP contribution < -0.4 is 5.32 Å². The van der Waals surface area contributed by atoms with E-state index in [0.717, 1.165) is 34.4 Å². The van der Waals surface area contributed by atoms with Crippen molar-refractivity contribution < 1.29 is 18.9 Å². The standard InChI is InChI=1S/C21H22FN3O3/c1-13-5-4-6-17(20(25-27-3)21(26)23-2)18(13)12-28-24-19-10-7-14-11-15(22)8-9-16(14)19/h4-6,8-9,11H,7,10,12H2,1-3H3,(H,23,26)/b24-19+,25-20+. The van der Waals surface area contributed by atoms with E-state index >= 15 is 0 Å². The molecule has 2 aromatic rings. The van der Waals surface area contributed by atoms with Crippen molar-refractivity contribution in [2.24, 2.45) is 10.3 Å². The molecule has 28 heavy (non-hydrogen) atoms. The van der Waals surface area contributed by atoms with Gasteiger partial charge in [-0.3, -0.25) is 4.79 Å². The fourth-order valence-electron chi connectivity index (χ4n) is 3.25. The molecule has 0 aromatic heterocycles. The minimum absolute atomic E-state index is 0.168. The monoisotopic (exact) mass is 383 g/mol. The average molecular weight is 383 g/mol. The molecule has 1 aliphatic rings. The third kappa shape index (κ3) is 4.03. The maximum absolute atomic E-state index is 13.4. The number of amides is 1. The van der Waals surface area contributed by atoms with Crippen molar-refractivity contribution in [2.45, 2.75) is 26.4 Å². The van der Waals surface area contributed by atoms with Crippen molar-refractivity contribution in [3.05, 3.63) is 70.0 Å². The van der Waals surface area contributed by atoms with E-state index in [1.807, 2.05) is 19.1 Å². The Hall–Kier alpha value is -3.22. The summed E-state index contributed by atoms with van der Waals surface area (Å²) in [6.07, 6.45) is 1.44. The molecule has 0 fully saturated rings. The quantitative estimate of drug-likeness (QED) is 0.615. The van der Waals surface area contributed by atoms with E-state index in [1.54, 1.807) is 12.1 Å². The second kappa shape index (κ2) is 8.65. The average Bonchev–Trinajstić information content (AvgIpc) is 3.09. The summed E-state index contributed by atoms with van der Waals surface area (Å²) in [6, 6.07) is 10.3. The molecule has 0 heterocycles. The Bertz CT molecular complexity index is 954. The number of benzene rings is 2. The van der Waals surface area contributed by atoms with Gasteiger partial charge in [-0.25, -0.2) is 4.39 Å². The van der Waals surface area contributed by atoms with Gasteiger partial charge < -0.3 is 15.0 Å². The number of carbonyl (C=O) groups is 1. The molecule has 3 rings (SSSR count). The summed E-state index contributed by atoms with van der Waals surface area (Å²) in [5.74, 6) is -0.601. The second-order valence-corrected chi connectivity index (χ2v) is 6.42. The van der Waals surface area contributed by atoms with Crippen molar-refractivity contribution in [1.29, 1.82) is 0 Å². The fourth-order valence-corrected chi connectivity index (χ4v) is 3.25. The largest absolute Gasteiger partial charge is 0.398 e. The van der Waals surface area contributed by atoms with Crippen LogP contribution in [0.1, 0.15) is 34.2 Å². The molecule has 1 amide bonds. The number of likely N-dealkylation sites (N-methyl/N-ethyl adjacent to an activating group) is 1. The minimum atomic E-state index is -0.355. The van der Waals surface area contributed by atoms with Gasteiger partial charge in [-0.15, -0.1) is 0 Å². The number of nitrogens with one attached hydrogen (secondary N) is 1. The molecular weight excluding hydrogens is 361 g/mol. The second-order valence-electron chi connectivity index (χ2n) is 6.42. The van der Waals surface area contributed by atoms with E-state index in [9.17, 15) is 9.18 Å². The highest BCUT2D eigenvalue weighted by atomic mass is 19.1. The van der Waals surface area contributed by atoms with Crippen molar-refractivity contribution in [3.8, 4) is 0 Å². The lowest BCUT2D eigenvalue weighted by molar-refractivity contribution is -0.114. The number of hydrogen-bond acceptors (Lipinski definition) is 5. The SMILES string of the molecule is CNC(=O)/C(=N/OC)c1cccc(C)c1CO/N=C1\CCc2cc(F)ccc21. The fraction of sp³-hybridized carbons (Fsp3) is 0.286. The molecule has 0 bridgehead atoms. The number of halogens is 1. The minimum Gasteiger partial charge on any atom is -0.398 e. The van der Waals surface area contributed by atoms with Crippen molar-refractivity contribution in [2.75, 3.05) is 14.2 Å². The van der Waals surface area contributed by atoms with Crippen LogP contribution >= 0.6 is 0 Å². The Morgan fingerprint density at radius 2 is 2.07 bits per heavy atom. The summed E-state index contributed by atoms with van der Waals surface area (Å²) >= 11 is 0. The highest BCUT2D eigenvalue weighted by Gasteiger charge is 2.21. The zero-order valence-corrected chi connectivity index (χ0v) is 16.1. The molecule has 7 heteroatoms. The summed E-state index contributed by atoms with van der Waals surface area (Å²) in [7, 11) is 2.92. The first kappa shape index (κ1) is 19.5. The molecule has 1 aliphatic carbocycles. The molecule has 0 saturated heterocycles. The molecule has 0 radical (unpaired) electrons. The number of fused-ring (bicyclic) bond motifs is 1. The molecule has 0 saturated carbocycles. The van der Waals surface area contributed by atoms with Crippen molar-refractivity contribution in [1.82, 2.24) is 5.32 Å². The predicted octanol–water partition coefficient (Wildman–Crippen LogP) is 3.10. The van der Waals surface area contributed by atoms with Crippen LogP contribution in [0.15, 0.2) is 46.7 Å². The maximum Gasteiger partial charge on any atom is 0.273 e. The zero-order chi connectivity index (χ0) is 20.1. The molecule has 146 valence electrons. The highest BCUT2D eigenvalue weighted by Crippen LogP contribution is 2.24. The lowest BCUT2D eigenvalue weighted by atomic mass is 9.98. The summed E-state index contributed by atoms with van der Waals surface area (Å²) in [5.41, 5.74) is 5.17. The number of aryl methyl sites for hydroxylation is 2. The van der Waals surface area contributed by atoms with Crippen LogP contribution in [0.4, 0.5) is 4.39 Å². The molecule has 0 atom stereocenters. The van der Waals surface area contributed by atoms with E-state index < -0.39 is 0 Å². The molecule has 0 unspecified atom stereocenters. The third-order valence-electron chi connectivity index (χ3n) is 4.68. The molecule has 2 aromatic carbocycles. The molecular formula is C21H22FN3O3. The Labute approximate surface area is 163 Å². The van der Waals surface area contributed by atoms with Gasteiger partial charge in [-0.1, -0.05) is 28.5 Å². The van der Waals surface area contributed by atoms with Gasteiger partial charge in [-0.05, 0) is 49.1 Å².